The summed E-state index contributed by atoms with van der Waals surface area (Å²) in [5.41, 5.74) is -0.607. The minimum absolute atomic E-state index is 0.00271. The number of amides is 1. The largest absolute Gasteiger partial charge is 0.417 e. The second kappa shape index (κ2) is 9.40. The molecule has 2 aromatic heterocycles. The van der Waals surface area contributed by atoms with Crippen LogP contribution in [0.4, 0.5) is 27.8 Å². The van der Waals surface area contributed by atoms with Crippen molar-refractivity contribution in [1.82, 2.24) is 24.9 Å². The highest BCUT2D eigenvalue weighted by atomic mass is 35.5. The fraction of sp³-hybridized carbons (Fsp3) is 0.364. The molecule has 0 unspecified atom stereocenters. The Morgan fingerprint density at radius 3 is 2.54 bits per heavy atom. The van der Waals surface area contributed by atoms with E-state index in [0.717, 1.165) is 17.0 Å². The molecule has 35 heavy (non-hydrogen) atoms. The standard InChI is InChI=1S/C22H20ClF5N6O/c1-13-9-21(24,25)12-33(18(13)11-30-19-5-2-14(10-29-19)22(26,27)28)20(35)16-8-15(23)3-4-17(16)34-31-6-7-32-34/h2-8,10,13,18H,9,11-12H2,1H3,(H,29,30)/t13-,18-/m1/s1. The first-order valence-corrected chi connectivity index (χ1v) is 10.9. The van der Waals surface area contributed by atoms with Gasteiger partial charge in [0.25, 0.3) is 11.8 Å². The zero-order valence-electron chi connectivity index (χ0n) is 18.3. The Labute approximate surface area is 201 Å². The van der Waals surface area contributed by atoms with Crippen LogP contribution in [0.15, 0.2) is 48.9 Å². The van der Waals surface area contributed by atoms with Crippen molar-refractivity contribution in [3.8, 4) is 5.69 Å². The minimum atomic E-state index is -4.53. The number of piperidine rings is 1. The fourth-order valence-electron chi connectivity index (χ4n) is 4.10. The van der Waals surface area contributed by atoms with E-state index in [1.807, 2.05) is 0 Å². The molecule has 0 bridgehead atoms. The van der Waals surface area contributed by atoms with Crippen LogP contribution in [0.5, 0.6) is 0 Å². The third-order valence-corrected chi connectivity index (χ3v) is 5.98. The van der Waals surface area contributed by atoms with Gasteiger partial charge in [-0.25, -0.2) is 13.8 Å². The molecule has 13 heteroatoms. The highest BCUT2D eigenvalue weighted by Crippen LogP contribution is 2.36. The van der Waals surface area contributed by atoms with Gasteiger partial charge in [0.2, 0.25) is 0 Å². The number of carbonyl (C=O) groups excluding carboxylic acids is 1. The minimum Gasteiger partial charge on any atom is -0.368 e. The van der Waals surface area contributed by atoms with E-state index >= 15 is 0 Å². The first-order chi connectivity index (χ1) is 16.4. The molecule has 1 saturated heterocycles. The van der Waals surface area contributed by atoms with Crippen LogP contribution in [0.3, 0.4) is 0 Å². The zero-order valence-corrected chi connectivity index (χ0v) is 19.1. The Morgan fingerprint density at radius 1 is 1.20 bits per heavy atom. The lowest BCUT2D eigenvalue weighted by Crippen LogP contribution is -2.57. The topological polar surface area (TPSA) is 75.9 Å². The summed E-state index contributed by atoms with van der Waals surface area (Å²) in [5.74, 6) is -4.33. The normalized spacial score (nSPS) is 20.0. The number of alkyl halides is 5. The van der Waals surface area contributed by atoms with Crippen molar-refractivity contribution in [3.05, 3.63) is 65.1 Å². The first kappa shape index (κ1) is 24.8. The lowest BCUT2D eigenvalue weighted by Gasteiger charge is -2.43. The van der Waals surface area contributed by atoms with Crippen molar-refractivity contribution in [2.75, 3.05) is 18.4 Å². The number of nitrogens with zero attached hydrogens (tertiary/aromatic N) is 5. The average Bonchev–Trinajstić information content (AvgIpc) is 3.31. The number of nitrogens with one attached hydrogen (secondary N) is 1. The summed E-state index contributed by atoms with van der Waals surface area (Å²) in [5, 5.41) is 11.1. The van der Waals surface area contributed by atoms with Crippen molar-refractivity contribution >= 4 is 23.3 Å². The van der Waals surface area contributed by atoms with Gasteiger partial charge in [-0.05, 0) is 36.2 Å². The molecule has 0 aliphatic carbocycles. The molecule has 3 aromatic rings. The maximum atomic E-state index is 14.5. The molecule has 1 fully saturated rings. The molecular formula is C22H20ClF5N6O. The number of halogens is 6. The van der Waals surface area contributed by atoms with Crippen molar-refractivity contribution in [3.63, 3.8) is 0 Å². The molecule has 1 aliphatic heterocycles. The van der Waals surface area contributed by atoms with Crippen LogP contribution in [-0.4, -0.2) is 55.8 Å². The number of rotatable bonds is 5. The first-order valence-electron chi connectivity index (χ1n) is 10.6. The third kappa shape index (κ3) is 5.53. The van der Waals surface area contributed by atoms with Crippen molar-refractivity contribution in [1.29, 1.82) is 0 Å². The predicted octanol–water partition coefficient (Wildman–Crippen LogP) is 4.93. The summed E-state index contributed by atoms with van der Waals surface area (Å²) in [6.45, 7) is 0.756. The molecular weight excluding hydrogens is 495 g/mol. The van der Waals surface area contributed by atoms with Crippen LogP contribution >= 0.6 is 11.6 Å². The number of benzene rings is 1. The van der Waals surface area contributed by atoms with Gasteiger partial charge in [0.1, 0.15) is 5.82 Å². The number of hydrogen-bond acceptors (Lipinski definition) is 5. The van der Waals surface area contributed by atoms with Crippen molar-refractivity contribution in [2.24, 2.45) is 5.92 Å². The number of anilines is 1. The van der Waals surface area contributed by atoms with Gasteiger partial charge in [0, 0.05) is 24.2 Å². The van der Waals surface area contributed by atoms with Gasteiger partial charge in [0.15, 0.2) is 0 Å². The summed E-state index contributed by atoms with van der Waals surface area (Å²) >= 11 is 6.10. The van der Waals surface area contributed by atoms with Gasteiger partial charge in [-0.3, -0.25) is 4.79 Å². The van der Waals surface area contributed by atoms with E-state index in [2.05, 4.69) is 20.5 Å². The van der Waals surface area contributed by atoms with Crippen LogP contribution in [0.25, 0.3) is 5.69 Å². The SMILES string of the molecule is C[C@@H]1CC(F)(F)CN(C(=O)c2cc(Cl)ccc2-n2nccn2)[C@@H]1CNc1ccc(C(F)(F)F)cn1. The molecule has 4 rings (SSSR count). The van der Waals surface area contributed by atoms with Gasteiger partial charge in [-0.2, -0.15) is 28.2 Å². The van der Waals surface area contributed by atoms with Gasteiger partial charge < -0.3 is 10.2 Å². The van der Waals surface area contributed by atoms with Crippen LogP contribution in [0, 0.1) is 5.92 Å². The predicted molar refractivity (Wildman–Crippen MR) is 118 cm³/mol. The van der Waals surface area contributed by atoms with Crippen LogP contribution < -0.4 is 5.32 Å². The Morgan fingerprint density at radius 2 is 1.91 bits per heavy atom. The van der Waals surface area contributed by atoms with Gasteiger partial charge in [-0.15, -0.1) is 0 Å². The maximum absolute atomic E-state index is 14.5. The van der Waals surface area contributed by atoms with E-state index in [0.29, 0.717) is 6.20 Å². The number of aromatic nitrogens is 4. The highest BCUT2D eigenvalue weighted by Gasteiger charge is 2.46. The zero-order chi connectivity index (χ0) is 25.4. The van der Waals surface area contributed by atoms with E-state index in [9.17, 15) is 26.7 Å². The molecule has 1 aliphatic rings. The summed E-state index contributed by atoms with van der Waals surface area (Å²) < 4.78 is 67.4. The molecule has 186 valence electrons. The Balaban J connectivity index is 1.61. The summed E-state index contributed by atoms with van der Waals surface area (Å²) in [6.07, 6.45) is -1.49. The third-order valence-electron chi connectivity index (χ3n) is 5.75. The van der Waals surface area contributed by atoms with Crippen molar-refractivity contribution < 1.29 is 26.7 Å². The van der Waals surface area contributed by atoms with E-state index < -0.39 is 48.5 Å². The molecule has 7 nitrogen and oxygen atoms in total. The lowest BCUT2D eigenvalue weighted by molar-refractivity contribution is -0.137. The van der Waals surface area contributed by atoms with E-state index in [4.69, 9.17) is 11.6 Å². The summed E-state index contributed by atoms with van der Waals surface area (Å²) in [6, 6.07) is 5.72. The second-order valence-electron chi connectivity index (χ2n) is 8.33. The average molecular weight is 515 g/mol. The molecule has 0 spiro atoms. The van der Waals surface area contributed by atoms with Crippen LogP contribution in [-0.2, 0) is 6.18 Å². The number of hydrogen-bond donors (Lipinski definition) is 1. The van der Waals surface area contributed by atoms with E-state index in [-0.39, 0.29) is 28.6 Å². The van der Waals surface area contributed by atoms with Crippen LogP contribution in [0.2, 0.25) is 5.02 Å². The van der Waals surface area contributed by atoms with E-state index in [1.165, 1.54) is 35.4 Å². The second-order valence-corrected chi connectivity index (χ2v) is 8.76. The highest BCUT2D eigenvalue weighted by molar-refractivity contribution is 6.31. The number of pyridine rings is 1. The van der Waals surface area contributed by atoms with Gasteiger partial charge >= 0.3 is 6.18 Å². The van der Waals surface area contributed by atoms with Crippen molar-refractivity contribution in [2.45, 2.75) is 31.5 Å². The Bertz CT molecular complexity index is 1190. The molecule has 0 radical (unpaired) electrons. The van der Waals surface area contributed by atoms with Crippen LogP contribution in [0.1, 0.15) is 29.3 Å². The Hall–Kier alpha value is -3.28. The molecule has 1 N–H and O–H groups in total. The monoisotopic (exact) mass is 514 g/mol. The number of carbonyl (C=O) groups is 1. The maximum Gasteiger partial charge on any atom is 0.417 e. The molecule has 1 aromatic carbocycles. The molecule has 0 saturated carbocycles. The molecule has 3 heterocycles. The van der Waals surface area contributed by atoms with Gasteiger partial charge in [-0.1, -0.05) is 18.5 Å². The van der Waals surface area contributed by atoms with E-state index in [1.54, 1.807) is 6.92 Å². The number of likely N-dealkylation sites (tertiary alicyclic amines) is 1. The summed E-state index contributed by atoms with van der Waals surface area (Å²) in [4.78, 5) is 19.6. The Kier molecular flexibility index (Phi) is 6.67. The molecule has 1 amide bonds. The summed E-state index contributed by atoms with van der Waals surface area (Å²) in [7, 11) is 0. The molecule has 2 atom stereocenters. The lowest BCUT2D eigenvalue weighted by atomic mass is 9.87. The smallest absolute Gasteiger partial charge is 0.368 e. The fourth-order valence-corrected chi connectivity index (χ4v) is 4.28. The quantitative estimate of drug-likeness (QED) is 0.489. The van der Waals surface area contributed by atoms with Gasteiger partial charge in [0.05, 0.1) is 41.8 Å².